The van der Waals surface area contributed by atoms with Gasteiger partial charge < -0.3 is 4.42 Å². The molecular weight excluding hydrogens is 436 g/mol. The van der Waals surface area contributed by atoms with Crippen LogP contribution in [0, 0.1) is 0 Å². The zero-order valence-electron chi connectivity index (χ0n) is 15.1. The van der Waals surface area contributed by atoms with Crippen molar-refractivity contribution in [3.63, 3.8) is 0 Å². The van der Waals surface area contributed by atoms with E-state index in [1.54, 1.807) is 17.0 Å². The molecule has 1 aliphatic heterocycles. The van der Waals surface area contributed by atoms with E-state index in [9.17, 15) is 4.79 Å². The summed E-state index contributed by atoms with van der Waals surface area (Å²) >= 11 is 4.66. The lowest BCUT2D eigenvalue weighted by atomic mass is 10.1. The second kappa shape index (κ2) is 8.20. The third-order valence-corrected chi connectivity index (χ3v) is 5.76. The first-order valence-electron chi connectivity index (χ1n) is 8.79. The Kier molecular flexibility index (Phi) is 5.50. The third-order valence-electron chi connectivity index (χ3n) is 4.35. The van der Waals surface area contributed by atoms with Crippen LogP contribution in [-0.4, -0.2) is 16.0 Å². The average molecular weight is 453 g/mol. The van der Waals surface area contributed by atoms with Crippen molar-refractivity contribution in [3.8, 4) is 0 Å². The summed E-state index contributed by atoms with van der Waals surface area (Å²) < 4.78 is 6.17. The lowest BCUT2D eigenvalue weighted by molar-refractivity contribution is -0.123. The number of nitrogens with zero attached hydrogens (tertiary/aromatic N) is 2. The van der Waals surface area contributed by atoms with Crippen molar-refractivity contribution in [1.29, 1.82) is 0 Å². The Balaban J connectivity index is 1.74. The largest absolute Gasteiger partial charge is 0.450 e. The predicted molar refractivity (Wildman–Crippen MR) is 117 cm³/mol. The molecule has 0 saturated carbocycles. The Labute approximate surface area is 176 Å². The normalized spacial score (nSPS) is 18.2. The van der Waals surface area contributed by atoms with Crippen molar-refractivity contribution in [2.45, 2.75) is 13.0 Å². The van der Waals surface area contributed by atoms with Gasteiger partial charge in [0.05, 0.1) is 16.6 Å². The molecule has 1 fully saturated rings. The van der Waals surface area contributed by atoms with Crippen molar-refractivity contribution in [1.82, 2.24) is 4.90 Å². The second-order valence-corrected chi connectivity index (χ2v) is 8.03. The molecule has 0 unspecified atom stereocenters. The molecule has 1 amide bonds. The van der Waals surface area contributed by atoms with Crippen LogP contribution >= 0.6 is 27.7 Å². The van der Waals surface area contributed by atoms with Gasteiger partial charge in [-0.05, 0) is 64.4 Å². The average Bonchev–Trinajstić information content (AvgIpc) is 3.26. The number of benzene rings is 2. The molecule has 4 nitrogen and oxygen atoms in total. The van der Waals surface area contributed by atoms with E-state index < -0.39 is 0 Å². The van der Waals surface area contributed by atoms with Gasteiger partial charge >= 0.3 is 0 Å². The lowest BCUT2D eigenvalue weighted by Crippen LogP contribution is -2.32. The number of aliphatic imine (C=N–C) groups is 1. The molecule has 140 valence electrons. The topological polar surface area (TPSA) is 45.8 Å². The van der Waals surface area contributed by atoms with Gasteiger partial charge in [-0.2, -0.15) is 0 Å². The summed E-state index contributed by atoms with van der Waals surface area (Å²) in [7, 11) is 0. The molecule has 1 atom stereocenters. The molecular formula is C22H17BrN2O2S. The first kappa shape index (κ1) is 18.8. The highest BCUT2D eigenvalue weighted by Crippen LogP contribution is 2.39. The van der Waals surface area contributed by atoms with Crippen LogP contribution in [0.15, 0.2) is 91.8 Å². The maximum atomic E-state index is 13.2. The molecule has 3 aromatic rings. The number of amidine groups is 1. The molecule has 1 aliphatic rings. The van der Waals surface area contributed by atoms with Crippen LogP contribution in [0.4, 0.5) is 5.69 Å². The minimum atomic E-state index is -0.141. The predicted octanol–water partition coefficient (Wildman–Crippen LogP) is 6.41. The van der Waals surface area contributed by atoms with Crippen LogP contribution < -0.4 is 0 Å². The smallest absolute Gasteiger partial charge is 0.267 e. The highest BCUT2D eigenvalue weighted by molar-refractivity contribution is 9.10. The van der Waals surface area contributed by atoms with Gasteiger partial charge in [-0.1, -0.05) is 48.5 Å². The summed E-state index contributed by atoms with van der Waals surface area (Å²) in [6.07, 6.45) is 1.76. The maximum absolute atomic E-state index is 13.2. The molecule has 1 saturated heterocycles. The van der Waals surface area contributed by atoms with Crippen molar-refractivity contribution in [3.05, 3.63) is 93.7 Å². The summed E-state index contributed by atoms with van der Waals surface area (Å²) in [5.74, 6) is 0.541. The monoisotopic (exact) mass is 452 g/mol. The van der Waals surface area contributed by atoms with Crippen LogP contribution in [0.1, 0.15) is 24.3 Å². The van der Waals surface area contributed by atoms with Crippen molar-refractivity contribution in [2.24, 2.45) is 4.99 Å². The quantitative estimate of drug-likeness (QED) is 0.429. The molecule has 6 heteroatoms. The summed E-state index contributed by atoms with van der Waals surface area (Å²) in [5.41, 5.74) is 1.87. The minimum Gasteiger partial charge on any atom is -0.450 e. The number of furan rings is 1. The van der Waals surface area contributed by atoms with Gasteiger partial charge in [0.25, 0.3) is 5.91 Å². The van der Waals surface area contributed by atoms with Crippen molar-refractivity contribution >= 4 is 50.5 Å². The van der Waals surface area contributed by atoms with Crippen LogP contribution in [0.3, 0.4) is 0 Å². The molecule has 28 heavy (non-hydrogen) atoms. The number of amides is 1. The second-order valence-electron chi connectivity index (χ2n) is 6.24. The van der Waals surface area contributed by atoms with E-state index in [4.69, 9.17) is 9.41 Å². The van der Waals surface area contributed by atoms with Gasteiger partial charge in [-0.25, -0.2) is 4.99 Å². The minimum absolute atomic E-state index is 0.0800. The number of hydrogen-bond acceptors (Lipinski definition) is 4. The van der Waals surface area contributed by atoms with Crippen LogP contribution in [0.5, 0.6) is 0 Å². The Morgan fingerprint density at radius 1 is 1.04 bits per heavy atom. The van der Waals surface area contributed by atoms with Gasteiger partial charge in [0.15, 0.2) is 9.84 Å². The molecule has 0 N–H and O–H groups in total. The van der Waals surface area contributed by atoms with Gasteiger partial charge in [-0.3, -0.25) is 9.69 Å². The molecule has 0 radical (unpaired) electrons. The first-order valence-corrected chi connectivity index (χ1v) is 10.4. The zero-order valence-corrected chi connectivity index (χ0v) is 17.5. The van der Waals surface area contributed by atoms with E-state index in [1.165, 1.54) is 11.8 Å². The van der Waals surface area contributed by atoms with Gasteiger partial charge in [0.2, 0.25) is 0 Å². The Morgan fingerprint density at radius 2 is 1.71 bits per heavy atom. The van der Waals surface area contributed by atoms with Crippen LogP contribution in [0.2, 0.25) is 0 Å². The van der Waals surface area contributed by atoms with E-state index in [-0.39, 0.29) is 11.9 Å². The zero-order chi connectivity index (χ0) is 19.5. The fourth-order valence-electron chi connectivity index (χ4n) is 2.93. The summed E-state index contributed by atoms with van der Waals surface area (Å²) in [4.78, 5) is 20.3. The Hall–Kier alpha value is -2.57. The van der Waals surface area contributed by atoms with Gasteiger partial charge in [0, 0.05) is 6.08 Å². The van der Waals surface area contributed by atoms with E-state index in [0.29, 0.717) is 20.5 Å². The molecule has 0 bridgehead atoms. The van der Waals surface area contributed by atoms with Gasteiger partial charge in [-0.15, -0.1) is 0 Å². The summed E-state index contributed by atoms with van der Waals surface area (Å²) in [6.45, 7) is 2.01. The molecule has 2 aromatic carbocycles. The van der Waals surface area contributed by atoms with Crippen molar-refractivity contribution in [2.75, 3.05) is 0 Å². The van der Waals surface area contributed by atoms with E-state index >= 15 is 0 Å². The number of para-hydroxylation sites is 1. The summed E-state index contributed by atoms with van der Waals surface area (Å²) in [5, 5.41) is 0.657. The molecule has 2 heterocycles. The maximum Gasteiger partial charge on any atom is 0.267 e. The van der Waals surface area contributed by atoms with E-state index in [2.05, 4.69) is 15.9 Å². The van der Waals surface area contributed by atoms with Gasteiger partial charge in [0.1, 0.15) is 5.76 Å². The summed E-state index contributed by atoms with van der Waals surface area (Å²) in [6, 6.07) is 23.1. The fourth-order valence-corrected chi connectivity index (χ4v) is 4.30. The molecule has 0 aliphatic carbocycles. The number of halogens is 1. The lowest BCUT2D eigenvalue weighted by Gasteiger charge is -2.24. The number of hydrogen-bond donors (Lipinski definition) is 0. The standard InChI is InChI=1S/C22H17BrN2O2S/c1-15(16-8-4-2-5-9-16)25-21(26)19(14-18-12-13-20(23)27-18)28-22(25)24-17-10-6-3-7-11-17/h2-15H,1H3/b19-14+,24-22?/t15-/m1/s1. The SMILES string of the molecule is C[C@H](c1ccccc1)N1C(=O)/C(=C\c2ccc(Br)o2)SC1=Nc1ccccc1. The molecule has 0 spiro atoms. The highest BCUT2D eigenvalue weighted by Gasteiger charge is 2.37. The number of rotatable bonds is 4. The number of carbonyl (C=O) groups is 1. The van der Waals surface area contributed by atoms with Crippen LogP contribution in [0.25, 0.3) is 6.08 Å². The number of carbonyl (C=O) groups excluding carboxylic acids is 1. The van der Waals surface area contributed by atoms with Crippen LogP contribution in [-0.2, 0) is 4.79 Å². The number of thioether (sulfide) groups is 1. The highest BCUT2D eigenvalue weighted by atomic mass is 79.9. The third kappa shape index (κ3) is 3.98. The van der Waals surface area contributed by atoms with E-state index in [0.717, 1.165) is 11.3 Å². The van der Waals surface area contributed by atoms with E-state index in [1.807, 2.05) is 73.7 Å². The molecule has 1 aromatic heterocycles. The Morgan fingerprint density at radius 3 is 2.36 bits per heavy atom. The molecule has 4 rings (SSSR count). The first-order chi connectivity index (χ1) is 13.6. The fraction of sp³-hybridized carbons (Fsp3) is 0.0909. The Bertz CT molecular complexity index is 1040. The van der Waals surface area contributed by atoms with Crippen molar-refractivity contribution < 1.29 is 9.21 Å².